The van der Waals surface area contributed by atoms with Crippen molar-refractivity contribution in [1.29, 1.82) is 0 Å². The fraction of sp³-hybridized carbons (Fsp3) is 0. The molecule has 0 fully saturated rings. The summed E-state index contributed by atoms with van der Waals surface area (Å²) < 4.78 is 12.9. The molecule has 0 atom stereocenters. The Morgan fingerprint density at radius 2 is 1.15 bits per heavy atom. The Bertz CT molecular complexity index is 2810. The molecule has 0 unspecified atom stereocenters. The maximum Gasteiger partial charge on any atom is 0.180 e. The lowest BCUT2D eigenvalue weighted by atomic mass is 9.93. The number of aromatic nitrogens is 2. The topological polar surface area (TPSA) is 52.1 Å². The van der Waals surface area contributed by atoms with Gasteiger partial charge in [-0.15, -0.1) is 0 Å². The summed E-state index contributed by atoms with van der Waals surface area (Å²) in [5, 5.41) is 7.94. The van der Waals surface area contributed by atoms with Crippen LogP contribution in [0.4, 0.5) is 0 Å². The van der Waals surface area contributed by atoms with Gasteiger partial charge in [-0.3, -0.25) is 0 Å². The van der Waals surface area contributed by atoms with Crippen molar-refractivity contribution >= 4 is 65.6 Å². The Morgan fingerprint density at radius 1 is 0.413 bits per heavy atom. The number of nitrogens with zero attached hydrogens (tertiary/aromatic N) is 2. The number of fused-ring (bicyclic) bond motifs is 9. The molecule has 10 rings (SSSR count). The van der Waals surface area contributed by atoms with E-state index >= 15 is 0 Å². The molecule has 0 N–H and O–H groups in total. The molecule has 0 saturated carbocycles. The molecule has 46 heavy (non-hydrogen) atoms. The molecule has 7 aromatic carbocycles. The Hall–Kier alpha value is -6.26. The van der Waals surface area contributed by atoms with Gasteiger partial charge < -0.3 is 8.83 Å². The van der Waals surface area contributed by atoms with E-state index in [-0.39, 0.29) is 0 Å². The molecule has 0 amide bonds. The van der Waals surface area contributed by atoms with E-state index in [2.05, 4.69) is 97.1 Å². The fourth-order valence-corrected chi connectivity index (χ4v) is 6.98. The molecule has 0 bridgehead atoms. The van der Waals surface area contributed by atoms with E-state index in [1.807, 2.05) is 48.5 Å². The van der Waals surface area contributed by atoms with Gasteiger partial charge in [0.15, 0.2) is 11.4 Å². The third kappa shape index (κ3) is 3.67. The van der Waals surface area contributed by atoms with Gasteiger partial charge >= 0.3 is 0 Å². The average molecular weight is 589 g/mol. The van der Waals surface area contributed by atoms with Crippen LogP contribution in [0.25, 0.3) is 99.3 Å². The van der Waals surface area contributed by atoms with Gasteiger partial charge in [-0.2, -0.15) is 0 Å². The fourth-order valence-electron chi connectivity index (χ4n) is 6.98. The highest BCUT2D eigenvalue weighted by Crippen LogP contribution is 2.42. The summed E-state index contributed by atoms with van der Waals surface area (Å²) in [6.45, 7) is 0. The third-order valence-corrected chi connectivity index (χ3v) is 9.08. The number of hydrogen-bond acceptors (Lipinski definition) is 4. The molecule has 0 aliphatic carbocycles. The third-order valence-electron chi connectivity index (χ3n) is 9.08. The van der Waals surface area contributed by atoms with E-state index in [1.165, 1.54) is 27.1 Å². The molecule has 0 saturated heterocycles. The minimum atomic E-state index is 0.635. The van der Waals surface area contributed by atoms with Crippen LogP contribution in [0, 0.1) is 0 Å². The second-order valence-corrected chi connectivity index (χ2v) is 11.7. The maximum atomic E-state index is 6.56. The van der Waals surface area contributed by atoms with Gasteiger partial charge in [-0.05, 0) is 69.1 Å². The van der Waals surface area contributed by atoms with Gasteiger partial charge in [-0.25, -0.2) is 9.97 Å². The molecule has 3 aromatic heterocycles. The van der Waals surface area contributed by atoms with E-state index in [9.17, 15) is 0 Å². The van der Waals surface area contributed by atoms with Crippen LogP contribution < -0.4 is 0 Å². The molecule has 10 aromatic rings. The molecular weight excluding hydrogens is 564 g/mol. The highest BCUT2D eigenvalue weighted by Gasteiger charge is 2.21. The van der Waals surface area contributed by atoms with Crippen LogP contribution in [0.2, 0.25) is 0 Å². The first-order valence-corrected chi connectivity index (χ1v) is 15.4. The highest BCUT2D eigenvalue weighted by molar-refractivity contribution is 6.16. The summed E-state index contributed by atoms with van der Waals surface area (Å²) in [6, 6.07) is 50.3. The largest absolute Gasteiger partial charge is 0.456 e. The van der Waals surface area contributed by atoms with Crippen LogP contribution in [0.15, 0.2) is 154 Å². The number of rotatable bonds is 3. The summed E-state index contributed by atoms with van der Waals surface area (Å²) in [4.78, 5) is 10.3. The molecule has 0 radical (unpaired) electrons. The quantitative estimate of drug-likeness (QED) is 0.193. The normalized spacial score (nSPS) is 11.9. The maximum absolute atomic E-state index is 6.56. The first-order valence-electron chi connectivity index (χ1n) is 15.4. The van der Waals surface area contributed by atoms with E-state index < -0.39 is 0 Å². The first kappa shape index (κ1) is 25.1. The first-order chi connectivity index (χ1) is 22.8. The summed E-state index contributed by atoms with van der Waals surface area (Å²) in [7, 11) is 0. The van der Waals surface area contributed by atoms with Crippen LogP contribution in [-0.4, -0.2) is 9.97 Å². The zero-order chi connectivity index (χ0) is 30.2. The van der Waals surface area contributed by atoms with Crippen molar-refractivity contribution in [1.82, 2.24) is 9.97 Å². The van der Waals surface area contributed by atoms with Crippen molar-refractivity contribution in [3.8, 4) is 33.8 Å². The lowest BCUT2D eigenvalue weighted by molar-refractivity contribution is 0.667. The molecule has 3 heterocycles. The summed E-state index contributed by atoms with van der Waals surface area (Å²) >= 11 is 0. The standard InChI is InChI=1S/C42H24N2O2/c1-2-11-25(12-3-1)39-41-40(32-17-8-9-19-35(32)46-41)44-42(43-39)33-18-10-20-36-38(33)31-22-21-27(24-37(31)45-36)34-23-26-13-4-5-14-28(26)29-15-6-7-16-30(29)34/h1-24H. The average Bonchev–Trinajstić information content (AvgIpc) is 3.69. The summed E-state index contributed by atoms with van der Waals surface area (Å²) in [5.74, 6) is 0.635. The smallest absolute Gasteiger partial charge is 0.180 e. The van der Waals surface area contributed by atoms with Crippen molar-refractivity contribution in [3.05, 3.63) is 146 Å². The zero-order valence-corrected chi connectivity index (χ0v) is 24.6. The molecule has 4 nitrogen and oxygen atoms in total. The second-order valence-electron chi connectivity index (χ2n) is 11.7. The Morgan fingerprint density at radius 3 is 2.04 bits per heavy atom. The molecule has 0 spiro atoms. The molecule has 214 valence electrons. The van der Waals surface area contributed by atoms with Crippen molar-refractivity contribution in [2.75, 3.05) is 0 Å². The number of para-hydroxylation sites is 1. The van der Waals surface area contributed by atoms with Crippen LogP contribution in [0.5, 0.6) is 0 Å². The van der Waals surface area contributed by atoms with E-state index in [0.29, 0.717) is 11.4 Å². The SMILES string of the molecule is c1ccc(-c2nc(-c3cccc4oc5cc(-c6cc7ccccc7c7ccccc67)ccc5c34)nc3c2oc2ccccc23)cc1. The van der Waals surface area contributed by atoms with Crippen LogP contribution in [0.1, 0.15) is 0 Å². The zero-order valence-electron chi connectivity index (χ0n) is 24.6. The predicted molar refractivity (Wildman–Crippen MR) is 188 cm³/mol. The van der Waals surface area contributed by atoms with Gasteiger partial charge in [0.1, 0.15) is 28.0 Å². The predicted octanol–water partition coefficient (Wildman–Crippen LogP) is 11.6. The lowest BCUT2D eigenvalue weighted by Crippen LogP contribution is -1.94. The Balaban J connectivity index is 1.21. The van der Waals surface area contributed by atoms with Crippen molar-refractivity contribution in [2.45, 2.75) is 0 Å². The van der Waals surface area contributed by atoms with Gasteiger partial charge in [0.05, 0.1) is 0 Å². The van der Waals surface area contributed by atoms with Gasteiger partial charge in [0.25, 0.3) is 0 Å². The summed E-state index contributed by atoms with van der Waals surface area (Å²) in [6.07, 6.45) is 0. The van der Waals surface area contributed by atoms with E-state index in [4.69, 9.17) is 18.8 Å². The van der Waals surface area contributed by atoms with Gasteiger partial charge in [0.2, 0.25) is 0 Å². The molecule has 4 heteroatoms. The van der Waals surface area contributed by atoms with Crippen molar-refractivity contribution in [3.63, 3.8) is 0 Å². The van der Waals surface area contributed by atoms with Crippen LogP contribution in [0.3, 0.4) is 0 Å². The van der Waals surface area contributed by atoms with E-state index in [0.717, 1.165) is 60.8 Å². The number of benzene rings is 7. The minimum absolute atomic E-state index is 0.635. The van der Waals surface area contributed by atoms with Crippen LogP contribution >= 0.6 is 0 Å². The van der Waals surface area contributed by atoms with Crippen molar-refractivity contribution < 1.29 is 8.83 Å². The van der Waals surface area contributed by atoms with Crippen molar-refractivity contribution in [2.24, 2.45) is 0 Å². The van der Waals surface area contributed by atoms with Crippen LogP contribution in [-0.2, 0) is 0 Å². The molecular formula is C42H24N2O2. The molecule has 0 aliphatic heterocycles. The van der Waals surface area contributed by atoms with Gasteiger partial charge in [0, 0.05) is 27.3 Å². The monoisotopic (exact) mass is 588 g/mol. The number of furan rings is 2. The summed E-state index contributed by atoms with van der Waals surface area (Å²) in [5.41, 5.74) is 8.88. The highest BCUT2D eigenvalue weighted by atomic mass is 16.3. The lowest BCUT2D eigenvalue weighted by Gasteiger charge is -2.11. The second kappa shape index (κ2) is 9.62. The molecule has 0 aliphatic rings. The Kier molecular flexibility index (Phi) is 5.25. The van der Waals surface area contributed by atoms with E-state index in [1.54, 1.807) is 0 Å². The number of hydrogen-bond donors (Lipinski definition) is 0. The van der Waals surface area contributed by atoms with Gasteiger partial charge in [-0.1, -0.05) is 109 Å². The Labute approximate surface area is 263 Å². The minimum Gasteiger partial charge on any atom is -0.456 e.